The highest BCUT2D eigenvalue weighted by molar-refractivity contribution is 6.00. The van der Waals surface area contributed by atoms with Crippen molar-refractivity contribution >= 4 is 23.0 Å². The number of carbonyl (C=O) groups is 1. The van der Waals surface area contributed by atoms with Gasteiger partial charge in [-0.25, -0.2) is 0 Å². The molecular formula is C13H19N3O. The SMILES string of the molecule is CCC(C)CNc1cc2c(cc1N)CC(=O)N2. The standard InChI is InChI=1S/C13H19N3O/c1-3-8(2)7-15-12-6-11-9(4-10(12)14)5-13(17)16-11/h4,6,8,15H,3,5,7,14H2,1-2H3,(H,16,17). The van der Waals surface area contributed by atoms with Crippen LogP contribution >= 0.6 is 0 Å². The molecule has 0 radical (unpaired) electrons. The Hall–Kier alpha value is -1.71. The summed E-state index contributed by atoms with van der Waals surface area (Å²) in [4.78, 5) is 11.3. The van der Waals surface area contributed by atoms with Gasteiger partial charge in [-0.15, -0.1) is 0 Å². The summed E-state index contributed by atoms with van der Waals surface area (Å²) in [5.74, 6) is 0.649. The van der Waals surface area contributed by atoms with Crippen LogP contribution in [-0.4, -0.2) is 12.5 Å². The predicted molar refractivity (Wildman–Crippen MR) is 71.1 cm³/mol. The number of hydrogen-bond acceptors (Lipinski definition) is 3. The summed E-state index contributed by atoms with van der Waals surface area (Å²) in [6.45, 7) is 5.25. The van der Waals surface area contributed by atoms with Gasteiger partial charge in [0.05, 0.1) is 17.8 Å². The van der Waals surface area contributed by atoms with E-state index >= 15 is 0 Å². The zero-order chi connectivity index (χ0) is 12.4. The molecule has 0 aromatic heterocycles. The summed E-state index contributed by atoms with van der Waals surface area (Å²) in [7, 11) is 0. The lowest BCUT2D eigenvalue weighted by Crippen LogP contribution is -2.11. The molecule has 1 aromatic carbocycles. The van der Waals surface area contributed by atoms with Crippen LogP contribution in [0.3, 0.4) is 0 Å². The minimum atomic E-state index is 0.0403. The second kappa shape index (κ2) is 4.65. The molecule has 92 valence electrons. The topological polar surface area (TPSA) is 67.1 Å². The molecule has 0 saturated heterocycles. The van der Waals surface area contributed by atoms with Crippen molar-refractivity contribution in [2.45, 2.75) is 26.7 Å². The fourth-order valence-electron chi connectivity index (χ4n) is 1.88. The Morgan fingerprint density at radius 2 is 2.29 bits per heavy atom. The fraction of sp³-hybridized carbons (Fsp3) is 0.462. The summed E-state index contributed by atoms with van der Waals surface area (Å²) in [6, 6.07) is 3.81. The van der Waals surface area contributed by atoms with Crippen molar-refractivity contribution in [2.24, 2.45) is 5.92 Å². The summed E-state index contributed by atoms with van der Waals surface area (Å²) in [5.41, 5.74) is 9.46. The first kappa shape index (κ1) is 11.8. The van der Waals surface area contributed by atoms with Crippen molar-refractivity contribution in [1.29, 1.82) is 0 Å². The van der Waals surface area contributed by atoms with Crippen molar-refractivity contribution in [1.82, 2.24) is 0 Å². The van der Waals surface area contributed by atoms with Gasteiger partial charge in [-0.3, -0.25) is 4.79 Å². The summed E-state index contributed by atoms with van der Waals surface area (Å²) < 4.78 is 0. The number of amides is 1. The average molecular weight is 233 g/mol. The molecule has 0 aliphatic carbocycles. The third-order valence-corrected chi connectivity index (χ3v) is 3.24. The molecule has 4 nitrogen and oxygen atoms in total. The monoisotopic (exact) mass is 233 g/mol. The third-order valence-electron chi connectivity index (χ3n) is 3.24. The van der Waals surface area contributed by atoms with Crippen molar-refractivity contribution in [3.05, 3.63) is 17.7 Å². The Morgan fingerprint density at radius 1 is 1.53 bits per heavy atom. The minimum Gasteiger partial charge on any atom is -0.397 e. The zero-order valence-corrected chi connectivity index (χ0v) is 10.3. The van der Waals surface area contributed by atoms with E-state index in [9.17, 15) is 4.79 Å². The van der Waals surface area contributed by atoms with Crippen molar-refractivity contribution in [3.63, 3.8) is 0 Å². The van der Waals surface area contributed by atoms with E-state index in [-0.39, 0.29) is 5.91 Å². The minimum absolute atomic E-state index is 0.0403. The molecule has 1 aromatic rings. The molecule has 17 heavy (non-hydrogen) atoms. The summed E-state index contributed by atoms with van der Waals surface area (Å²) >= 11 is 0. The molecule has 0 bridgehead atoms. The highest BCUT2D eigenvalue weighted by Crippen LogP contribution is 2.31. The Kier molecular flexibility index (Phi) is 3.22. The van der Waals surface area contributed by atoms with Gasteiger partial charge in [0, 0.05) is 12.2 Å². The smallest absolute Gasteiger partial charge is 0.228 e. The van der Waals surface area contributed by atoms with Crippen LogP contribution in [0.25, 0.3) is 0 Å². The van der Waals surface area contributed by atoms with Crippen LogP contribution < -0.4 is 16.4 Å². The molecule has 0 fully saturated rings. The fourth-order valence-corrected chi connectivity index (χ4v) is 1.88. The molecule has 1 aliphatic heterocycles. The Morgan fingerprint density at radius 3 is 3.00 bits per heavy atom. The van der Waals surface area contributed by atoms with Gasteiger partial charge >= 0.3 is 0 Å². The average Bonchev–Trinajstić information content (AvgIpc) is 2.64. The van der Waals surface area contributed by atoms with Crippen LogP contribution in [0.1, 0.15) is 25.8 Å². The first-order valence-corrected chi connectivity index (χ1v) is 6.06. The van der Waals surface area contributed by atoms with Crippen LogP contribution in [0.5, 0.6) is 0 Å². The van der Waals surface area contributed by atoms with Crippen molar-refractivity contribution < 1.29 is 4.79 Å². The van der Waals surface area contributed by atoms with E-state index in [0.29, 0.717) is 18.0 Å². The van der Waals surface area contributed by atoms with Gasteiger partial charge in [-0.2, -0.15) is 0 Å². The third kappa shape index (κ3) is 2.52. The summed E-state index contributed by atoms with van der Waals surface area (Å²) in [5, 5.41) is 6.16. The predicted octanol–water partition coefficient (Wildman–Crippen LogP) is 2.22. The number of hydrogen-bond donors (Lipinski definition) is 3. The van der Waals surface area contributed by atoms with Crippen LogP contribution in [0.15, 0.2) is 12.1 Å². The number of nitrogens with one attached hydrogen (secondary N) is 2. The lowest BCUT2D eigenvalue weighted by molar-refractivity contribution is -0.115. The van der Waals surface area contributed by atoms with E-state index in [1.165, 1.54) is 0 Å². The van der Waals surface area contributed by atoms with Gasteiger partial charge in [0.1, 0.15) is 0 Å². The normalized spacial score (nSPS) is 15.3. The Labute approximate surface area is 102 Å². The number of nitrogen functional groups attached to an aromatic ring is 1. The molecule has 0 saturated carbocycles. The highest BCUT2D eigenvalue weighted by Gasteiger charge is 2.19. The maximum Gasteiger partial charge on any atom is 0.228 e. The number of nitrogens with two attached hydrogens (primary N) is 1. The largest absolute Gasteiger partial charge is 0.397 e. The highest BCUT2D eigenvalue weighted by atomic mass is 16.1. The van der Waals surface area contributed by atoms with Crippen LogP contribution in [0, 0.1) is 5.92 Å². The van der Waals surface area contributed by atoms with E-state index < -0.39 is 0 Å². The Bertz CT molecular complexity index is 443. The molecular weight excluding hydrogens is 214 g/mol. The molecule has 0 spiro atoms. The van der Waals surface area contributed by atoms with Gasteiger partial charge < -0.3 is 16.4 Å². The van der Waals surface area contributed by atoms with Crippen molar-refractivity contribution in [2.75, 3.05) is 22.9 Å². The lowest BCUT2D eigenvalue weighted by Gasteiger charge is -2.14. The number of benzene rings is 1. The van der Waals surface area contributed by atoms with Crippen LogP contribution in [-0.2, 0) is 11.2 Å². The summed E-state index contributed by atoms with van der Waals surface area (Å²) in [6.07, 6.45) is 1.57. The van der Waals surface area contributed by atoms with Gasteiger partial charge in [0.25, 0.3) is 0 Å². The first-order chi connectivity index (χ1) is 8.10. The van der Waals surface area contributed by atoms with E-state index in [1.807, 2.05) is 12.1 Å². The maximum absolute atomic E-state index is 11.3. The second-order valence-electron chi connectivity index (χ2n) is 4.72. The van der Waals surface area contributed by atoms with E-state index in [1.54, 1.807) is 0 Å². The second-order valence-corrected chi connectivity index (χ2v) is 4.72. The molecule has 4 heteroatoms. The lowest BCUT2D eigenvalue weighted by atomic mass is 10.1. The van der Waals surface area contributed by atoms with Gasteiger partial charge in [-0.05, 0) is 23.6 Å². The molecule has 2 rings (SSSR count). The Balaban J connectivity index is 2.14. The van der Waals surface area contributed by atoms with Crippen LogP contribution in [0.2, 0.25) is 0 Å². The van der Waals surface area contributed by atoms with Gasteiger partial charge in [0.2, 0.25) is 5.91 Å². The van der Waals surface area contributed by atoms with Gasteiger partial charge in [0.15, 0.2) is 0 Å². The number of anilines is 3. The van der Waals surface area contributed by atoms with E-state index in [2.05, 4.69) is 24.5 Å². The quantitative estimate of drug-likeness (QED) is 0.698. The van der Waals surface area contributed by atoms with E-state index in [0.717, 1.165) is 29.9 Å². The molecule has 4 N–H and O–H groups in total. The first-order valence-electron chi connectivity index (χ1n) is 6.06. The van der Waals surface area contributed by atoms with Crippen LogP contribution in [0.4, 0.5) is 17.1 Å². The molecule has 1 heterocycles. The number of fused-ring (bicyclic) bond motifs is 1. The molecule has 1 aliphatic rings. The molecule has 1 amide bonds. The zero-order valence-electron chi connectivity index (χ0n) is 10.3. The maximum atomic E-state index is 11.3. The number of rotatable bonds is 4. The van der Waals surface area contributed by atoms with Gasteiger partial charge in [-0.1, -0.05) is 20.3 Å². The molecule has 1 unspecified atom stereocenters. The van der Waals surface area contributed by atoms with E-state index in [4.69, 9.17) is 5.73 Å². The van der Waals surface area contributed by atoms with Crippen molar-refractivity contribution in [3.8, 4) is 0 Å². The number of carbonyl (C=O) groups excluding carboxylic acids is 1. The molecule has 1 atom stereocenters.